The van der Waals surface area contributed by atoms with Crippen LogP contribution in [-0.4, -0.2) is 14.5 Å². The Hall–Kier alpha value is -1.46. The third-order valence-electron chi connectivity index (χ3n) is 3.08. The molecule has 20 heavy (non-hydrogen) atoms. The fourth-order valence-electron chi connectivity index (χ4n) is 2.12. The van der Waals surface area contributed by atoms with Gasteiger partial charge in [-0.3, -0.25) is 4.98 Å². The smallest absolute Gasteiger partial charge is 0.139 e. The predicted octanol–water partition coefficient (Wildman–Crippen LogP) is 4.12. The van der Waals surface area contributed by atoms with E-state index in [-0.39, 0.29) is 11.7 Å². The van der Waals surface area contributed by atoms with Gasteiger partial charge < -0.3 is 4.57 Å². The van der Waals surface area contributed by atoms with Gasteiger partial charge in [-0.2, -0.15) is 0 Å². The van der Waals surface area contributed by atoms with Crippen LogP contribution in [0.25, 0.3) is 11.0 Å². The predicted molar refractivity (Wildman–Crippen MR) is 80.3 cm³/mol. The summed E-state index contributed by atoms with van der Waals surface area (Å²) in [6, 6.07) is 6.98. The second kappa shape index (κ2) is 5.50. The summed E-state index contributed by atoms with van der Waals surface area (Å²) in [5, 5.41) is 0. The zero-order valence-electron chi connectivity index (χ0n) is 10.4. The molecule has 2 heterocycles. The van der Waals surface area contributed by atoms with Crippen molar-refractivity contribution in [3.05, 3.63) is 58.3 Å². The molecule has 102 valence electrons. The van der Waals surface area contributed by atoms with Crippen molar-refractivity contribution < 1.29 is 4.39 Å². The molecule has 0 aliphatic rings. The molecule has 6 heteroatoms. The van der Waals surface area contributed by atoms with E-state index in [9.17, 15) is 4.39 Å². The first-order chi connectivity index (χ1) is 9.69. The largest absolute Gasteiger partial charge is 0.322 e. The molecule has 3 rings (SSSR count). The molecule has 0 saturated heterocycles. The van der Waals surface area contributed by atoms with Crippen LogP contribution >= 0.6 is 27.5 Å². The number of alkyl halides is 1. The Morgan fingerprint density at radius 1 is 1.25 bits per heavy atom. The van der Waals surface area contributed by atoms with Crippen LogP contribution in [0.4, 0.5) is 4.39 Å². The Labute approximate surface area is 128 Å². The fraction of sp³-hybridized carbons (Fsp3) is 0.143. The maximum Gasteiger partial charge on any atom is 0.139 e. The summed E-state index contributed by atoms with van der Waals surface area (Å²) in [5.41, 5.74) is 2.52. The number of imidazole rings is 1. The maximum atomic E-state index is 13.7. The Morgan fingerprint density at radius 3 is 2.70 bits per heavy atom. The molecule has 0 fully saturated rings. The highest BCUT2D eigenvalue weighted by Gasteiger charge is 2.13. The number of benzene rings is 1. The number of nitrogens with zero attached hydrogens (tertiary/aromatic N) is 3. The summed E-state index contributed by atoms with van der Waals surface area (Å²) in [4.78, 5) is 8.44. The molecule has 3 nitrogen and oxygen atoms in total. The molecule has 3 aromatic rings. The average Bonchev–Trinajstić information content (AvgIpc) is 2.78. The lowest BCUT2D eigenvalue weighted by Gasteiger charge is -2.08. The van der Waals surface area contributed by atoms with E-state index < -0.39 is 0 Å². The Bertz CT molecular complexity index is 758. The maximum absolute atomic E-state index is 13.7. The summed E-state index contributed by atoms with van der Waals surface area (Å²) in [7, 11) is 0. The lowest BCUT2D eigenvalue weighted by Crippen LogP contribution is -2.04. The van der Waals surface area contributed by atoms with Crippen LogP contribution in [0.1, 0.15) is 11.4 Å². The van der Waals surface area contributed by atoms with E-state index in [0.717, 1.165) is 22.4 Å². The molecule has 0 unspecified atom stereocenters. The number of hydrogen-bond donors (Lipinski definition) is 0. The van der Waals surface area contributed by atoms with Crippen LogP contribution in [0.5, 0.6) is 0 Å². The molecule has 1 aromatic carbocycles. The van der Waals surface area contributed by atoms with E-state index in [0.29, 0.717) is 11.0 Å². The molecule has 0 N–H and O–H groups in total. The zero-order chi connectivity index (χ0) is 14.1. The number of halogens is 3. The molecular formula is C14H10BrClFN3. The third kappa shape index (κ3) is 2.43. The van der Waals surface area contributed by atoms with Crippen LogP contribution in [0.3, 0.4) is 0 Å². The summed E-state index contributed by atoms with van der Waals surface area (Å²) < 4.78 is 16.1. The minimum atomic E-state index is -0.311. The molecule has 0 amide bonds. The van der Waals surface area contributed by atoms with Gasteiger partial charge in [-0.05, 0) is 39.7 Å². The van der Waals surface area contributed by atoms with E-state index in [1.54, 1.807) is 18.5 Å². The van der Waals surface area contributed by atoms with Crippen LogP contribution < -0.4 is 0 Å². The zero-order valence-corrected chi connectivity index (χ0v) is 12.7. The highest BCUT2D eigenvalue weighted by molar-refractivity contribution is 9.10. The van der Waals surface area contributed by atoms with Crippen LogP contribution in [0.15, 0.2) is 41.1 Å². The lowest BCUT2D eigenvalue weighted by molar-refractivity contribution is 0.621. The van der Waals surface area contributed by atoms with E-state index in [1.807, 2.05) is 16.7 Å². The summed E-state index contributed by atoms with van der Waals surface area (Å²) >= 11 is 9.12. The van der Waals surface area contributed by atoms with E-state index in [2.05, 4.69) is 25.9 Å². The number of rotatable bonds is 3. The Kier molecular flexibility index (Phi) is 3.72. The summed E-state index contributed by atoms with van der Waals surface area (Å²) in [5.74, 6) is 0.685. The van der Waals surface area contributed by atoms with Crippen molar-refractivity contribution in [1.29, 1.82) is 0 Å². The van der Waals surface area contributed by atoms with Gasteiger partial charge in [-0.1, -0.05) is 0 Å². The molecular weight excluding hydrogens is 345 g/mol. The Morgan fingerprint density at radius 2 is 2.00 bits per heavy atom. The summed E-state index contributed by atoms with van der Waals surface area (Å²) in [6.45, 7) is 0.585. The van der Waals surface area contributed by atoms with Gasteiger partial charge in [0.2, 0.25) is 0 Å². The molecule has 2 aromatic heterocycles. The van der Waals surface area contributed by atoms with Crippen molar-refractivity contribution in [3.63, 3.8) is 0 Å². The minimum Gasteiger partial charge on any atom is -0.322 e. The van der Waals surface area contributed by atoms with Gasteiger partial charge in [0.25, 0.3) is 0 Å². The van der Waals surface area contributed by atoms with Gasteiger partial charge in [0.05, 0.1) is 21.4 Å². The van der Waals surface area contributed by atoms with Gasteiger partial charge in [0, 0.05) is 25.0 Å². The molecule has 0 aliphatic carbocycles. The topological polar surface area (TPSA) is 30.7 Å². The van der Waals surface area contributed by atoms with Gasteiger partial charge >= 0.3 is 0 Å². The van der Waals surface area contributed by atoms with Gasteiger partial charge in [0.1, 0.15) is 11.6 Å². The second-order valence-corrected chi connectivity index (χ2v) is 5.48. The molecule has 0 bridgehead atoms. The number of hydrogen-bond acceptors (Lipinski definition) is 2. The molecule has 0 spiro atoms. The van der Waals surface area contributed by atoms with Crippen molar-refractivity contribution in [2.45, 2.75) is 12.4 Å². The second-order valence-electron chi connectivity index (χ2n) is 4.36. The molecule has 0 radical (unpaired) electrons. The highest BCUT2D eigenvalue weighted by Crippen LogP contribution is 2.25. The molecule has 0 atom stereocenters. The summed E-state index contributed by atoms with van der Waals surface area (Å²) in [6.07, 6.45) is 3.46. The monoisotopic (exact) mass is 353 g/mol. The van der Waals surface area contributed by atoms with E-state index >= 15 is 0 Å². The van der Waals surface area contributed by atoms with Crippen molar-refractivity contribution in [1.82, 2.24) is 14.5 Å². The van der Waals surface area contributed by atoms with Crippen molar-refractivity contribution in [3.8, 4) is 0 Å². The third-order valence-corrected chi connectivity index (χ3v) is 3.93. The van der Waals surface area contributed by atoms with Crippen molar-refractivity contribution >= 4 is 38.6 Å². The average molecular weight is 355 g/mol. The number of pyridine rings is 1. The first-order valence-corrected chi connectivity index (χ1v) is 7.31. The first-order valence-electron chi connectivity index (χ1n) is 5.98. The molecule has 0 saturated carbocycles. The van der Waals surface area contributed by atoms with Crippen molar-refractivity contribution in [2.24, 2.45) is 0 Å². The van der Waals surface area contributed by atoms with Crippen LogP contribution in [0, 0.1) is 5.82 Å². The Balaban J connectivity index is 2.15. The quantitative estimate of drug-likeness (QED) is 0.662. The van der Waals surface area contributed by atoms with Crippen LogP contribution in [-0.2, 0) is 12.4 Å². The SMILES string of the molecule is Fc1cc2c(cc1Br)nc(CCl)n2Cc1ccncc1. The van der Waals surface area contributed by atoms with Gasteiger partial charge in [-0.15, -0.1) is 11.6 Å². The van der Waals surface area contributed by atoms with Crippen LogP contribution in [0.2, 0.25) is 0 Å². The van der Waals surface area contributed by atoms with Gasteiger partial charge in [-0.25, -0.2) is 9.37 Å². The van der Waals surface area contributed by atoms with Gasteiger partial charge in [0.15, 0.2) is 0 Å². The van der Waals surface area contributed by atoms with E-state index in [4.69, 9.17) is 11.6 Å². The van der Waals surface area contributed by atoms with E-state index in [1.165, 1.54) is 6.07 Å². The lowest BCUT2D eigenvalue weighted by atomic mass is 10.2. The minimum absolute atomic E-state index is 0.277. The normalized spacial score (nSPS) is 11.2. The standard InChI is InChI=1S/C14H10BrClFN3/c15-10-5-12-13(6-11(10)17)20(14(7-16)19-12)8-9-1-3-18-4-2-9/h1-6H,7-8H2. The fourth-order valence-corrected chi connectivity index (χ4v) is 2.65. The highest BCUT2D eigenvalue weighted by atomic mass is 79.9. The first kappa shape index (κ1) is 13.5. The number of aromatic nitrogens is 3. The number of fused-ring (bicyclic) bond motifs is 1. The molecule has 0 aliphatic heterocycles. The van der Waals surface area contributed by atoms with Crippen molar-refractivity contribution in [2.75, 3.05) is 0 Å².